The predicted molar refractivity (Wildman–Crippen MR) is 67.1 cm³/mol. The number of carbonyl (C=O) groups is 1. The molecule has 0 aliphatic heterocycles. The van der Waals surface area contributed by atoms with Crippen LogP contribution < -0.4 is 5.32 Å². The lowest BCUT2D eigenvalue weighted by Gasteiger charge is -2.07. The summed E-state index contributed by atoms with van der Waals surface area (Å²) in [6.07, 6.45) is -0.502. The number of tetrazole rings is 1. The van der Waals surface area contributed by atoms with Crippen molar-refractivity contribution in [1.82, 2.24) is 20.2 Å². The van der Waals surface area contributed by atoms with Gasteiger partial charge in [-0.1, -0.05) is 6.07 Å². The van der Waals surface area contributed by atoms with E-state index in [2.05, 4.69) is 33.5 Å². The first-order chi connectivity index (χ1) is 8.70. The largest absolute Gasteiger partial charge is 0.450 e. The van der Waals surface area contributed by atoms with E-state index in [0.717, 1.165) is 0 Å². The highest BCUT2D eigenvalue weighted by Crippen LogP contribution is 2.16. The molecular weight excluding hydrogens is 254 g/mol. The van der Waals surface area contributed by atoms with Crippen LogP contribution in [0.5, 0.6) is 0 Å². The third kappa shape index (κ3) is 2.77. The van der Waals surface area contributed by atoms with E-state index in [1.165, 1.54) is 4.68 Å². The van der Waals surface area contributed by atoms with Crippen LogP contribution in [0, 0.1) is 0 Å². The number of nitrogens with one attached hydrogen (secondary N) is 1. The molecule has 7 nitrogen and oxygen atoms in total. The lowest BCUT2D eigenvalue weighted by atomic mass is 10.3. The number of hydrogen-bond donors (Lipinski definition) is 2. The summed E-state index contributed by atoms with van der Waals surface area (Å²) in [7, 11) is 0. The van der Waals surface area contributed by atoms with Crippen molar-refractivity contribution in [2.45, 2.75) is 12.1 Å². The van der Waals surface area contributed by atoms with Crippen LogP contribution >= 0.6 is 12.6 Å². The van der Waals surface area contributed by atoms with Gasteiger partial charge in [0.2, 0.25) is 5.16 Å². The summed E-state index contributed by atoms with van der Waals surface area (Å²) in [6.45, 7) is 2.06. The van der Waals surface area contributed by atoms with Crippen LogP contribution in [0.1, 0.15) is 6.92 Å². The minimum absolute atomic E-state index is 0.319. The third-order valence-electron chi connectivity index (χ3n) is 2.07. The highest BCUT2D eigenvalue weighted by molar-refractivity contribution is 7.80. The Balaban J connectivity index is 2.20. The molecule has 1 aromatic heterocycles. The van der Waals surface area contributed by atoms with Crippen molar-refractivity contribution < 1.29 is 9.53 Å². The number of aromatic nitrogens is 4. The maximum atomic E-state index is 11.3. The van der Waals surface area contributed by atoms with Gasteiger partial charge in [-0.05, 0) is 35.5 Å². The SMILES string of the molecule is CCOC(=O)Nc1cccc(-n2nnnc2S)c1. The average molecular weight is 265 g/mol. The maximum Gasteiger partial charge on any atom is 0.411 e. The number of thiol groups is 1. The number of anilines is 1. The number of carbonyl (C=O) groups excluding carboxylic acids is 1. The van der Waals surface area contributed by atoms with Crippen molar-refractivity contribution >= 4 is 24.4 Å². The second kappa shape index (κ2) is 5.50. The van der Waals surface area contributed by atoms with E-state index in [1.54, 1.807) is 31.2 Å². The Morgan fingerprint density at radius 3 is 3.06 bits per heavy atom. The molecule has 2 aromatic rings. The molecule has 0 bridgehead atoms. The first-order valence-corrected chi connectivity index (χ1v) is 5.67. The monoisotopic (exact) mass is 265 g/mol. The number of hydrogen-bond acceptors (Lipinski definition) is 6. The molecule has 1 N–H and O–H groups in total. The smallest absolute Gasteiger partial charge is 0.411 e. The second-order valence-corrected chi connectivity index (χ2v) is 3.69. The van der Waals surface area contributed by atoms with Gasteiger partial charge in [-0.15, -0.1) is 17.7 Å². The van der Waals surface area contributed by atoms with Crippen molar-refractivity contribution in [1.29, 1.82) is 0 Å². The molecule has 1 amide bonds. The molecule has 1 aromatic carbocycles. The Morgan fingerprint density at radius 2 is 2.39 bits per heavy atom. The van der Waals surface area contributed by atoms with Gasteiger partial charge in [0, 0.05) is 5.69 Å². The summed E-state index contributed by atoms with van der Waals surface area (Å²) in [5.41, 5.74) is 1.29. The van der Waals surface area contributed by atoms with E-state index >= 15 is 0 Å². The van der Waals surface area contributed by atoms with Gasteiger partial charge in [-0.25, -0.2) is 4.79 Å². The van der Waals surface area contributed by atoms with Gasteiger partial charge in [0.1, 0.15) is 0 Å². The summed E-state index contributed by atoms with van der Waals surface area (Å²) in [5.74, 6) is 0. The molecule has 18 heavy (non-hydrogen) atoms. The lowest BCUT2D eigenvalue weighted by Crippen LogP contribution is -2.13. The summed E-state index contributed by atoms with van der Waals surface area (Å²) in [5, 5.41) is 13.9. The fraction of sp³-hybridized carbons (Fsp3) is 0.200. The Morgan fingerprint density at radius 1 is 1.56 bits per heavy atom. The fourth-order valence-corrected chi connectivity index (χ4v) is 1.55. The molecule has 0 aliphatic carbocycles. The van der Waals surface area contributed by atoms with Gasteiger partial charge in [0.05, 0.1) is 12.3 Å². The van der Waals surface area contributed by atoms with E-state index in [0.29, 0.717) is 23.1 Å². The molecule has 0 saturated carbocycles. The van der Waals surface area contributed by atoms with E-state index in [1.807, 2.05) is 0 Å². The Kier molecular flexibility index (Phi) is 3.78. The first kappa shape index (κ1) is 12.4. The highest BCUT2D eigenvalue weighted by Gasteiger charge is 2.06. The molecular formula is C10H11N5O2S. The van der Waals surface area contributed by atoms with E-state index in [9.17, 15) is 4.79 Å². The standard InChI is InChI=1S/C10H11N5O2S/c1-2-17-10(16)11-7-4-3-5-8(6-7)15-9(18)12-13-14-15/h3-6H,2H2,1H3,(H,11,16)(H,12,14,18). The zero-order valence-electron chi connectivity index (χ0n) is 9.57. The molecule has 0 fully saturated rings. The van der Waals surface area contributed by atoms with Crippen molar-refractivity contribution in [3.63, 3.8) is 0 Å². The quantitative estimate of drug-likeness (QED) is 0.822. The van der Waals surface area contributed by atoms with Gasteiger partial charge in [-0.2, -0.15) is 4.68 Å². The lowest BCUT2D eigenvalue weighted by molar-refractivity contribution is 0.168. The molecule has 1 heterocycles. The number of amides is 1. The summed E-state index contributed by atoms with van der Waals surface area (Å²) < 4.78 is 6.23. The number of nitrogens with zero attached hydrogens (tertiary/aromatic N) is 4. The molecule has 0 atom stereocenters. The van der Waals surface area contributed by atoms with E-state index in [4.69, 9.17) is 4.74 Å². The molecule has 94 valence electrons. The van der Waals surface area contributed by atoms with Crippen molar-refractivity contribution in [3.8, 4) is 5.69 Å². The highest BCUT2D eigenvalue weighted by atomic mass is 32.1. The summed E-state index contributed by atoms with van der Waals surface area (Å²) >= 11 is 4.11. The first-order valence-electron chi connectivity index (χ1n) is 5.22. The number of benzene rings is 1. The number of ether oxygens (including phenoxy) is 1. The van der Waals surface area contributed by atoms with Gasteiger partial charge in [0.25, 0.3) is 0 Å². The van der Waals surface area contributed by atoms with Crippen LogP contribution in [-0.4, -0.2) is 32.9 Å². The normalized spacial score (nSPS) is 10.1. The van der Waals surface area contributed by atoms with Gasteiger partial charge >= 0.3 is 6.09 Å². The Hall–Kier alpha value is -2.09. The molecule has 0 unspecified atom stereocenters. The Bertz CT molecular complexity index is 557. The maximum absolute atomic E-state index is 11.3. The third-order valence-corrected chi connectivity index (χ3v) is 2.34. The second-order valence-electron chi connectivity index (χ2n) is 3.29. The van der Waals surface area contributed by atoms with Crippen LogP contribution in [0.15, 0.2) is 29.4 Å². The van der Waals surface area contributed by atoms with Crippen LogP contribution in [-0.2, 0) is 4.74 Å². The van der Waals surface area contributed by atoms with E-state index < -0.39 is 6.09 Å². The summed E-state index contributed by atoms with van der Waals surface area (Å²) in [6, 6.07) is 7.02. The van der Waals surface area contributed by atoms with Crippen molar-refractivity contribution in [3.05, 3.63) is 24.3 Å². The van der Waals surface area contributed by atoms with Crippen molar-refractivity contribution in [2.24, 2.45) is 0 Å². The molecule has 2 rings (SSSR count). The minimum atomic E-state index is -0.502. The van der Waals surface area contributed by atoms with Crippen molar-refractivity contribution in [2.75, 3.05) is 11.9 Å². The Labute approximate surface area is 109 Å². The predicted octanol–water partition coefficient (Wildman–Crippen LogP) is 1.52. The molecule has 8 heteroatoms. The molecule has 0 radical (unpaired) electrons. The number of rotatable bonds is 3. The molecule has 0 spiro atoms. The topological polar surface area (TPSA) is 81.9 Å². The zero-order chi connectivity index (χ0) is 13.0. The van der Waals surface area contributed by atoms with E-state index in [-0.39, 0.29) is 0 Å². The minimum Gasteiger partial charge on any atom is -0.450 e. The van der Waals surface area contributed by atoms with Gasteiger partial charge in [-0.3, -0.25) is 5.32 Å². The molecule has 0 aliphatic rings. The summed E-state index contributed by atoms with van der Waals surface area (Å²) in [4.78, 5) is 11.3. The van der Waals surface area contributed by atoms with Crippen LogP contribution in [0.3, 0.4) is 0 Å². The van der Waals surface area contributed by atoms with Gasteiger partial charge < -0.3 is 4.74 Å². The zero-order valence-corrected chi connectivity index (χ0v) is 10.5. The fourth-order valence-electron chi connectivity index (χ4n) is 1.35. The van der Waals surface area contributed by atoms with Crippen LogP contribution in [0.2, 0.25) is 0 Å². The van der Waals surface area contributed by atoms with Crippen LogP contribution in [0.4, 0.5) is 10.5 Å². The average Bonchev–Trinajstić information content (AvgIpc) is 2.76. The van der Waals surface area contributed by atoms with Crippen LogP contribution in [0.25, 0.3) is 5.69 Å². The molecule has 0 saturated heterocycles. The van der Waals surface area contributed by atoms with Gasteiger partial charge in [0.15, 0.2) is 0 Å².